The molecule has 1 amide bonds. The van der Waals surface area contributed by atoms with Crippen LogP contribution in [-0.4, -0.2) is 24.0 Å². The van der Waals surface area contributed by atoms with Crippen LogP contribution in [-0.2, 0) is 4.79 Å². The second-order valence-electron chi connectivity index (χ2n) is 5.25. The minimum Gasteiger partial charge on any atom is -0.309 e. The summed E-state index contributed by atoms with van der Waals surface area (Å²) >= 11 is 0. The number of anilines is 1. The number of piperazine rings is 1. The van der Waals surface area contributed by atoms with E-state index >= 15 is 0 Å². The highest BCUT2D eigenvalue weighted by molar-refractivity contribution is 6.00. The molecule has 1 aliphatic heterocycles. The molecule has 0 spiro atoms. The first-order valence-electron chi connectivity index (χ1n) is 6.04. The molecule has 4 nitrogen and oxygen atoms in total. The van der Waals surface area contributed by atoms with Gasteiger partial charge in [-0.05, 0) is 39.0 Å². The van der Waals surface area contributed by atoms with Crippen LogP contribution in [0.25, 0.3) is 0 Å². The molecule has 0 saturated carbocycles. The number of rotatable bonds is 1. The maximum Gasteiger partial charge on any atom is 0.246 e. The first-order chi connectivity index (χ1) is 8.44. The highest BCUT2D eigenvalue weighted by Crippen LogP contribution is 2.23. The molecule has 1 unspecified atom stereocenters. The quantitative estimate of drug-likeness (QED) is 0.816. The van der Waals surface area contributed by atoms with E-state index in [1.165, 1.54) is 0 Å². The lowest BCUT2D eigenvalue weighted by atomic mass is 9.97. The van der Waals surface area contributed by atoms with Crippen molar-refractivity contribution < 1.29 is 4.79 Å². The molecule has 4 heteroatoms. The van der Waals surface area contributed by atoms with Crippen molar-refractivity contribution >= 4 is 11.6 Å². The van der Waals surface area contributed by atoms with E-state index in [2.05, 4.69) is 18.3 Å². The Kier molecular flexibility index (Phi) is 3.10. The first kappa shape index (κ1) is 12.6. The maximum absolute atomic E-state index is 12.4. The molecule has 0 aliphatic carbocycles. The van der Waals surface area contributed by atoms with E-state index in [0.29, 0.717) is 12.1 Å². The molecule has 18 heavy (non-hydrogen) atoms. The fraction of sp³-hybridized carbons (Fsp3) is 0.429. The van der Waals surface area contributed by atoms with Crippen LogP contribution in [0.15, 0.2) is 24.3 Å². The average molecular weight is 243 g/mol. The Hall–Kier alpha value is -1.86. The molecule has 0 bridgehead atoms. The number of carbonyl (C=O) groups excluding carboxylic acids is 1. The Bertz CT molecular complexity index is 516. The number of benzene rings is 1. The van der Waals surface area contributed by atoms with Crippen molar-refractivity contribution in [3.63, 3.8) is 0 Å². The summed E-state index contributed by atoms with van der Waals surface area (Å²) in [6, 6.07) is 9.50. The van der Waals surface area contributed by atoms with Gasteiger partial charge in [0.1, 0.15) is 0 Å². The van der Waals surface area contributed by atoms with E-state index in [-0.39, 0.29) is 11.9 Å². The second-order valence-corrected chi connectivity index (χ2v) is 5.25. The van der Waals surface area contributed by atoms with Crippen molar-refractivity contribution in [3.05, 3.63) is 29.8 Å². The van der Waals surface area contributed by atoms with Gasteiger partial charge in [-0.25, -0.2) is 0 Å². The molecule has 2 rings (SSSR count). The first-order valence-corrected chi connectivity index (χ1v) is 6.04. The van der Waals surface area contributed by atoms with E-state index in [1.54, 1.807) is 23.1 Å². The number of hydrogen-bond donors (Lipinski definition) is 1. The molecule has 1 N–H and O–H groups in total. The van der Waals surface area contributed by atoms with Gasteiger partial charge in [-0.15, -0.1) is 0 Å². The molecule has 1 aromatic rings. The van der Waals surface area contributed by atoms with Crippen molar-refractivity contribution in [2.45, 2.75) is 32.4 Å². The number of carbonyl (C=O) groups is 1. The van der Waals surface area contributed by atoms with Gasteiger partial charge in [0.25, 0.3) is 0 Å². The van der Waals surface area contributed by atoms with Crippen LogP contribution >= 0.6 is 0 Å². The van der Waals surface area contributed by atoms with Crippen LogP contribution in [0.5, 0.6) is 0 Å². The standard InChI is InChI=1S/C14H17N3O/c1-10-9-17(13(18)14(2,3)16-10)12-6-4-5-11(7-12)8-15/h4-7,10,16H,9H2,1-3H3. The van der Waals surface area contributed by atoms with E-state index < -0.39 is 5.54 Å². The van der Waals surface area contributed by atoms with E-state index in [4.69, 9.17) is 5.26 Å². The number of nitrogens with zero attached hydrogens (tertiary/aromatic N) is 2. The number of nitriles is 1. The molecule has 1 aromatic carbocycles. The maximum atomic E-state index is 12.4. The summed E-state index contributed by atoms with van der Waals surface area (Å²) in [4.78, 5) is 14.1. The molecule has 1 saturated heterocycles. The van der Waals surface area contributed by atoms with Crippen LogP contribution < -0.4 is 10.2 Å². The third-order valence-electron chi connectivity index (χ3n) is 3.13. The molecular formula is C14H17N3O. The van der Waals surface area contributed by atoms with Gasteiger partial charge in [-0.2, -0.15) is 5.26 Å². The lowest BCUT2D eigenvalue weighted by Gasteiger charge is -2.41. The Balaban J connectivity index is 2.37. The van der Waals surface area contributed by atoms with Gasteiger partial charge in [0, 0.05) is 18.3 Å². The molecule has 0 aromatic heterocycles. The van der Waals surface area contributed by atoms with Crippen molar-refractivity contribution in [1.29, 1.82) is 5.26 Å². The highest BCUT2D eigenvalue weighted by atomic mass is 16.2. The lowest BCUT2D eigenvalue weighted by molar-refractivity contribution is -0.125. The van der Waals surface area contributed by atoms with Crippen molar-refractivity contribution in [3.8, 4) is 6.07 Å². The largest absolute Gasteiger partial charge is 0.309 e. The summed E-state index contributed by atoms with van der Waals surface area (Å²) in [5.41, 5.74) is 0.796. The Morgan fingerprint density at radius 1 is 1.50 bits per heavy atom. The summed E-state index contributed by atoms with van der Waals surface area (Å²) in [6.45, 7) is 6.44. The van der Waals surface area contributed by atoms with Gasteiger partial charge < -0.3 is 4.90 Å². The summed E-state index contributed by atoms with van der Waals surface area (Å²) in [7, 11) is 0. The Labute approximate surface area is 107 Å². The molecule has 94 valence electrons. The van der Waals surface area contributed by atoms with E-state index in [1.807, 2.05) is 19.9 Å². The average Bonchev–Trinajstić information content (AvgIpc) is 2.33. The van der Waals surface area contributed by atoms with E-state index in [9.17, 15) is 4.79 Å². The molecule has 1 atom stereocenters. The second kappa shape index (κ2) is 4.43. The van der Waals surface area contributed by atoms with Crippen LogP contribution in [0.3, 0.4) is 0 Å². The van der Waals surface area contributed by atoms with Crippen LogP contribution in [0.1, 0.15) is 26.3 Å². The topological polar surface area (TPSA) is 56.1 Å². The number of nitrogens with one attached hydrogen (secondary N) is 1. The number of amides is 1. The van der Waals surface area contributed by atoms with Gasteiger partial charge in [-0.1, -0.05) is 6.07 Å². The molecular weight excluding hydrogens is 226 g/mol. The Morgan fingerprint density at radius 3 is 2.89 bits per heavy atom. The summed E-state index contributed by atoms with van der Waals surface area (Å²) in [5, 5.41) is 12.2. The smallest absolute Gasteiger partial charge is 0.246 e. The van der Waals surface area contributed by atoms with Crippen molar-refractivity contribution in [1.82, 2.24) is 5.32 Å². The molecule has 1 aliphatic rings. The van der Waals surface area contributed by atoms with Gasteiger partial charge in [0.05, 0.1) is 17.2 Å². The fourth-order valence-electron chi connectivity index (χ4n) is 2.38. The monoisotopic (exact) mass is 243 g/mol. The van der Waals surface area contributed by atoms with Gasteiger partial charge in [-0.3, -0.25) is 10.1 Å². The third-order valence-corrected chi connectivity index (χ3v) is 3.13. The van der Waals surface area contributed by atoms with Gasteiger partial charge in [0.15, 0.2) is 0 Å². The minimum absolute atomic E-state index is 0.0377. The zero-order chi connectivity index (χ0) is 13.3. The molecule has 0 radical (unpaired) electrons. The van der Waals surface area contributed by atoms with Crippen LogP contribution in [0, 0.1) is 11.3 Å². The van der Waals surface area contributed by atoms with Gasteiger partial charge >= 0.3 is 0 Å². The van der Waals surface area contributed by atoms with Gasteiger partial charge in [0.2, 0.25) is 5.91 Å². The minimum atomic E-state index is -0.569. The van der Waals surface area contributed by atoms with Crippen molar-refractivity contribution in [2.75, 3.05) is 11.4 Å². The van der Waals surface area contributed by atoms with Crippen LogP contribution in [0.4, 0.5) is 5.69 Å². The number of hydrogen-bond acceptors (Lipinski definition) is 3. The predicted octanol–water partition coefficient (Wildman–Crippen LogP) is 1.66. The summed E-state index contributed by atoms with van der Waals surface area (Å²) in [5.74, 6) is 0.0377. The third kappa shape index (κ3) is 2.22. The predicted molar refractivity (Wildman–Crippen MR) is 70.2 cm³/mol. The van der Waals surface area contributed by atoms with E-state index in [0.717, 1.165) is 5.69 Å². The SMILES string of the molecule is CC1CN(c2cccc(C#N)c2)C(=O)C(C)(C)N1. The zero-order valence-electron chi connectivity index (χ0n) is 10.9. The zero-order valence-corrected chi connectivity index (χ0v) is 10.9. The summed E-state index contributed by atoms with van der Waals surface area (Å²) < 4.78 is 0. The normalized spacial score (nSPS) is 22.7. The highest BCUT2D eigenvalue weighted by Gasteiger charge is 2.38. The fourth-order valence-corrected chi connectivity index (χ4v) is 2.38. The Morgan fingerprint density at radius 2 is 2.22 bits per heavy atom. The summed E-state index contributed by atoms with van der Waals surface area (Å²) in [6.07, 6.45) is 0. The lowest BCUT2D eigenvalue weighted by Crippen LogP contribution is -2.65. The van der Waals surface area contributed by atoms with Crippen LogP contribution in [0.2, 0.25) is 0 Å². The molecule has 1 heterocycles. The van der Waals surface area contributed by atoms with Crippen molar-refractivity contribution in [2.24, 2.45) is 0 Å². The molecule has 1 fully saturated rings.